The molecular weight excluding hydrogens is 689 g/mol. The van der Waals surface area contributed by atoms with Crippen molar-refractivity contribution in [2.75, 3.05) is 40.9 Å². The molecule has 2 atom stereocenters. The van der Waals surface area contributed by atoms with E-state index in [0.29, 0.717) is 31.6 Å². The van der Waals surface area contributed by atoms with Gasteiger partial charge in [0.05, 0.1) is 48.5 Å². The number of nitriles is 1. The topological polar surface area (TPSA) is 117 Å². The number of rotatable bonds is 16. The monoisotopic (exact) mass is 736 g/mol. The first-order valence-electron chi connectivity index (χ1n) is 18.9. The van der Waals surface area contributed by atoms with Crippen LogP contribution in [0.5, 0.6) is 5.75 Å². The van der Waals surface area contributed by atoms with Crippen LogP contribution in [-0.4, -0.2) is 54.4 Å². The van der Waals surface area contributed by atoms with Crippen LogP contribution in [0, 0.1) is 18.3 Å². The van der Waals surface area contributed by atoms with Crippen LogP contribution in [0.15, 0.2) is 133 Å². The summed E-state index contributed by atoms with van der Waals surface area (Å²) >= 11 is 0. The number of carboxylic acids is 2. The van der Waals surface area contributed by atoms with E-state index in [2.05, 4.69) is 65.3 Å². The molecule has 0 fully saturated rings. The molecule has 0 aliphatic carbocycles. The van der Waals surface area contributed by atoms with E-state index in [0.717, 1.165) is 39.8 Å². The average molecular weight is 737 g/mol. The molecule has 0 saturated heterocycles. The highest BCUT2D eigenvalue weighted by atomic mass is 16.5. The van der Waals surface area contributed by atoms with Crippen molar-refractivity contribution in [1.82, 2.24) is 0 Å². The van der Waals surface area contributed by atoms with E-state index in [-0.39, 0.29) is 32.0 Å². The van der Waals surface area contributed by atoms with Crippen LogP contribution in [0.3, 0.4) is 0 Å². The van der Waals surface area contributed by atoms with Gasteiger partial charge in [-0.25, -0.2) is 0 Å². The second kappa shape index (κ2) is 17.3. The number of hydrogen-bond donors (Lipinski definition) is 2. The minimum Gasteiger partial charge on any atom is -0.494 e. The van der Waals surface area contributed by atoms with Crippen LogP contribution in [0.4, 0.5) is 17.1 Å². The number of fused-ring (bicyclic) bond motifs is 2. The lowest BCUT2D eigenvalue weighted by Crippen LogP contribution is -2.47. The summed E-state index contributed by atoms with van der Waals surface area (Å²) in [5, 5.41) is 30.0. The van der Waals surface area contributed by atoms with Gasteiger partial charge in [0.15, 0.2) is 0 Å². The van der Waals surface area contributed by atoms with Gasteiger partial charge < -0.3 is 29.6 Å². The molecule has 0 spiro atoms. The van der Waals surface area contributed by atoms with Crippen LogP contribution >= 0.6 is 0 Å². The van der Waals surface area contributed by atoms with Crippen LogP contribution in [0.1, 0.15) is 48.9 Å². The SMILES string of the molecule is CCOc1ccc2c(c1)C(Cc1ccccc1)(Cc1ccccc1C)C(/C=C/C(C#N)=C/C=C1\N(CC)c3ccccc3N1CCC(=O)O)N2CCC(=O)O. The van der Waals surface area contributed by atoms with E-state index >= 15 is 0 Å². The molecule has 4 aromatic rings. The second-order valence-electron chi connectivity index (χ2n) is 14.0. The number of hydrogen-bond acceptors (Lipinski definition) is 7. The minimum absolute atomic E-state index is 0.0399. The fourth-order valence-electron chi connectivity index (χ4n) is 8.12. The van der Waals surface area contributed by atoms with Crippen molar-refractivity contribution >= 4 is 29.0 Å². The molecule has 9 nitrogen and oxygen atoms in total. The molecule has 0 aromatic heterocycles. The quantitative estimate of drug-likeness (QED) is 0.0863. The predicted octanol–water partition coefficient (Wildman–Crippen LogP) is 8.45. The zero-order valence-electron chi connectivity index (χ0n) is 31.7. The molecule has 2 aliphatic rings. The third-order valence-electron chi connectivity index (χ3n) is 10.6. The molecule has 55 heavy (non-hydrogen) atoms. The van der Waals surface area contributed by atoms with Gasteiger partial charge in [-0.05, 0) is 104 Å². The van der Waals surface area contributed by atoms with Crippen LogP contribution < -0.4 is 19.4 Å². The van der Waals surface area contributed by atoms with Gasteiger partial charge in [0.2, 0.25) is 0 Å². The van der Waals surface area contributed by atoms with Crippen molar-refractivity contribution in [1.29, 1.82) is 5.26 Å². The summed E-state index contributed by atoms with van der Waals surface area (Å²) < 4.78 is 6.06. The Hall–Kier alpha value is -6.27. The fraction of sp³-hybridized carbons (Fsp3) is 0.283. The van der Waals surface area contributed by atoms with Crippen LogP contribution in [0.25, 0.3) is 0 Å². The predicted molar refractivity (Wildman–Crippen MR) is 218 cm³/mol. The van der Waals surface area contributed by atoms with Crippen molar-refractivity contribution in [2.24, 2.45) is 0 Å². The lowest BCUT2D eigenvalue weighted by molar-refractivity contribution is -0.137. The Morgan fingerprint density at radius 3 is 2.18 bits per heavy atom. The molecule has 0 bridgehead atoms. The second-order valence-corrected chi connectivity index (χ2v) is 14.0. The summed E-state index contributed by atoms with van der Waals surface area (Å²) in [7, 11) is 0. The third kappa shape index (κ3) is 8.29. The maximum atomic E-state index is 12.1. The van der Waals surface area contributed by atoms with E-state index < -0.39 is 17.4 Å². The van der Waals surface area contributed by atoms with Gasteiger partial charge in [0.1, 0.15) is 11.6 Å². The molecule has 9 heteroatoms. The Morgan fingerprint density at radius 1 is 0.836 bits per heavy atom. The maximum absolute atomic E-state index is 12.1. The van der Waals surface area contributed by atoms with Crippen LogP contribution in [0.2, 0.25) is 0 Å². The summed E-state index contributed by atoms with van der Waals surface area (Å²) in [5.41, 5.74) is 7.25. The van der Waals surface area contributed by atoms with Crippen LogP contribution in [-0.2, 0) is 27.8 Å². The maximum Gasteiger partial charge on any atom is 0.305 e. The number of carbonyl (C=O) groups is 2. The number of ether oxygens (including phenoxy) is 1. The zero-order valence-corrected chi connectivity index (χ0v) is 31.7. The van der Waals surface area contributed by atoms with Crippen molar-refractivity contribution in [2.45, 2.75) is 57.9 Å². The molecule has 6 rings (SSSR count). The number of aryl methyl sites for hydroxylation is 1. The van der Waals surface area contributed by atoms with E-state index in [4.69, 9.17) is 4.74 Å². The van der Waals surface area contributed by atoms with Crippen molar-refractivity contribution in [3.63, 3.8) is 0 Å². The average Bonchev–Trinajstić information content (AvgIpc) is 3.62. The van der Waals surface area contributed by atoms with Gasteiger partial charge in [-0.15, -0.1) is 0 Å². The Bertz CT molecular complexity index is 2150. The molecule has 0 amide bonds. The summed E-state index contributed by atoms with van der Waals surface area (Å²) in [5.74, 6) is -0.222. The zero-order chi connectivity index (χ0) is 39.0. The first-order chi connectivity index (χ1) is 26.7. The first-order valence-corrected chi connectivity index (χ1v) is 18.9. The summed E-state index contributed by atoms with van der Waals surface area (Å²) in [6.45, 7) is 7.84. The molecule has 2 N–H and O–H groups in total. The summed E-state index contributed by atoms with van der Waals surface area (Å²) in [6, 6.07) is 34.8. The highest BCUT2D eigenvalue weighted by Crippen LogP contribution is 2.51. The van der Waals surface area contributed by atoms with Crippen molar-refractivity contribution in [3.8, 4) is 11.8 Å². The van der Waals surface area contributed by atoms with Gasteiger partial charge in [0, 0.05) is 30.7 Å². The van der Waals surface area contributed by atoms with Gasteiger partial charge in [-0.2, -0.15) is 5.26 Å². The van der Waals surface area contributed by atoms with Crippen molar-refractivity contribution in [3.05, 3.63) is 155 Å². The number of anilines is 3. The number of carboxylic acid groups (broad SMARTS) is 2. The molecular formula is C46H48N4O5. The number of para-hydroxylation sites is 2. The Kier molecular flexibility index (Phi) is 12.1. The van der Waals surface area contributed by atoms with Gasteiger partial charge in [-0.3, -0.25) is 9.59 Å². The Morgan fingerprint density at radius 2 is 1.51 bits per heavy atom. The summed E-state index contributed by atoms with van der Waals surface area (Å²) in [6.07, 6.45) is 8.80. The van der Waals surface area contributed by atoms with E-state index in [9.17, 15) is 25.1 Å². The van der Waals surface area contributed by atoms with E-state index in [1.54, 1.807) is 6.08 Å². The first kappa shape index (κ1) is 38.5. The standard InChI is InChI=1S/C46H48N4O5/c1-4-48-40-17-11-12-18-41(40)50(28-26-45(53)54)43(48)24-20-35(32-47)19-23-42-46(30-34-14-7-6-8-15-34,31-36-16-10-9-13-33(36)3)38-29-37(55-5-2)21-22-39(38)49(42)27-25-44(51)52/h6-24,29,42H,4-5,25-28,30-31H2,1-3H3,(H,51,52)(H,53,54)/b23-19+,35-20-,43-24+. The van der Waals surface area contributed by atoms with E-state index in [1.807, 2.05) is 91.6 Å². The Labute approximate surface area is 323 Å². The molecule has 0 saturated carbocycles. The van der Waals surface area contributed by atoms with Crippen molar-refractivity contribution < 1.29 is 24.5 Å². The lowest BCUT2D eigenvalue weighted by atomic mass is 9.67. The highest BCUT2D eigenvalue weighted by molar-refractivity contribution is 5.83. The fourth-order valence-corrected chi connectivity index (χ4v) is 8.12. The molecule has 282 valence electrons. The summed E-state index contributed by atoms with van der Waals surface area (Å²) in [4.78, 5) is 30.0. The smallest absolute Gasteiger partial charge is 0.305 e. The normalized spacial score (nSPS) is 18.4. The lowest BCUT2D eigenvalue weighted by Gasteiger charge is -2.39. The number of nitrogens with zero attached hydrogens (tertiary/aromatic N) is 4. The highest BCUT2D eigenvalue weighted by Gasteiger charge is 2.50. The molecule has 2 heterocycles. The van der Waals surface area contributed by atoms with E-state index in [1.165, 1.54) is 11.1 Å². The Balaban J connectivity index is 1.50. The molecule has 4 aromatic carbocycles. The van der Waals surface area contributed by atoms with Gasteiger partial charge in [0.25, 0.3) is 0 Å². The minimum atomic E-state index is -0.885. The molecule has 2 unspecified atom stereocenters. The van der Waals surface area contributed by atoms with Gasteiger partial charge in [-0.1, -0.05) is 72.8 Å². The third-order valence-corrected chi connectivity index (χ3v) is 10.6. The van der Waals surface area contributed by atoms with Gasteiger partial charge >= 0.3 is 11.9 Å². The largest absolute Gasteiger partial charge is 0.494 e. The number of benzene rings is 4. The number of allylic oxidation sites excluding steroid dienone is 4. The number of aliphatic carboxylic acids is 2. The molecule has 0 radical (unpaired) electrons. The molecule has 2 aliphatic heterocycles.